The fourth-order valence-electron chi connectivity index (χ4n) is 2.26. The maximum absolute atomic E-state index is 8.26. The van der Waals surface area contributed by atoms with E-state index in [2.05, 4.69) is 5.32 Å². The molecule has 0 amide bonds. The fraction of sp³-hybridized carbons (Fsp3) is 0.429. The average Bonchev–Trinajstić information content (AvgIpc) is 2.91. The van der Waals surface area contributed by atoms with E-state index in [0.29, 0.717) is 23.2 Å². The van der Waals surface area contributed by atoms with Gasteiger partial charge in [-0.3, -0.25) is 10.8 Å². The normalized spacial score (nSPS) is 18.3. The molecule has 0 saturated carbocycles. The van der Waals surface area contributed by atoms with E-state index in [9.17, 15) is 0 Å². The zero-order valence-electron chi connectivity index (χ0n) is 11.0. The number of hydrogen-bond acceptors (Lipinski definition) is 3. The first kappa shape index (κ1) is 14.0. The lowest BCUT2D eigenvalue weighted by atomic mass is 10.1. The molecule has 1 fully saturated rings. The van der Waals surface area contributed by atoms with Crippen LogP contribution in [-0.4, -0.2) is 29.2 Å². The minimum atomic E-state index is 0.0765. The number of hydrogen-bond donors (Lipinski definition) is 3. The van der Waals surface area contributed by atoms with Crippen LogP contribution in [0.2, 0.25) is 5.02 Å². The second-order valence-corrected chi connectivity index (χ2v) is 5.27. The molecular weight excluding hydrogens is 260 g/mol. The molecular formula is C14H19ClN4. The van der Waals surface area contributed by atoms with Gasteiger partial charge in [0.1, 0.15) is 5.84 Å². The third-order valence-corrected chi connectivity index (χ3v) is 3.59. The van der Waals surface area contributed by atoms with Crippen molar-refractivity contribution in [1.29, 1.82) is 10.8 Å². The SMILES string of the molecule is CC(=N)N(Cc1ccc(Cl)cc1)C(=N)[C@H]1CCCN1. The number of halogens is 1. The van der Waals surface area contributed by atoms with E-state index in [1.807, 2.05) is 24.3 Å². The van der Waals surface area contributed by atoms with Crippen molar-refractivity contribution in [2.24, 2.45) is 0 Å². The Bertz CT molecular complexity index is 463. The van der Waals surface area contributed by atoms with E-state index in [1.165, 1.54) is 0 Å². The summed E-state index contributed by atoms with van der Waals surface area (Å²) < 4.78 is 0. The van der Waals surface area contributed by atoms with Gasteiger partial charge in [0.25, 0.3) is 0 Å². The molecule has 0 bridgehead atoms. The van der Waals surface area contributed by atoms with E-state index in [1.54, 1.807) is 11.8 Å². The molecule has 3 N–H and O–H groups in total. The lowest BCUT2D eigenvalue weighted by Gasteiger charge is -2.27. The van der Waals surface area contributed by atoms with Crippen LogP contribution in [0.5, 0.6) is 0 Å². The Morgan fingerprint density at radius 3 is 2.58 bits per heavy atom. The van der Waals surface area contributed by atoms with Crippen molar-refractivity contribution in [3.05, 3.63) is 34.9 Å². The summed E-state index contributed by atoms with van der Waals surface area (Å²) in [6.07, 6.45) is 2.07. The zero-order valence-corrected chi connectivity index (χ0v) is 11.8. The average molecular weight is 279 g/mol. The Morgan fingerprint density at radius 2 is 2.05 bits per heavy atom. The molecule has 1 atom stereocenters. The molecule has 2 rings (SSSR count). The first-order valence-electron chi connectivity index (χ1n) is 6.47. The van der Waals surface area contributed by atoms with Gasteiger partial charge in [0.15, 0.2) is 0 Å². The molecule has 1 saturated heterocycles. The molecule has 0 unspecified atom stereocenters. The number of nitrogens with one attached hydrogen (secondary N) is 3. The monoisotopic (exact) mass is 278 g/mol. The van der Waals surface area contributed by atoms with Gasteiger partial charge in [-0.2, -0.15) is 0 Å². The summed E-state index contributed by atoms with van der Waals surface area (Å²) in [6, 6.07) is 7.63. The molecule has 1 aliphatic rings. The molecule has 1 aromatic carbocycles. The summed E-state index contributed by atoms with van der Waals surface area (Å²) in [5.41, 5.74) is 1.05. The number of rotatable bonds is 3. The lowest BCUT2D eigenvalue weighted by Crippen LogP contribution is -2.44. The maximum Gasteiger partial charge on any atom is 0.119 e. The Kier molecular flexibility index (Phi) is 4.56. The summed E-state index contributed by atoms with van der Waals surface area (Å²) in [5, 5.41) is 20.1. The standard InChI is InChI=1S/C14H19ClN4/c1-10(16)19(14(17)13-3-2-8-18-13)9-11-4-6-12(15)7-5-11/h4-7,13,16-18H,2-3,8-9H2,1H3/t13-/m1/s1. The molecule has 0 radical (unpaired) electrons. The van der Waals surface area contributed by atoms with Crippen LogP contribution in [-0.2, 0) is 6.54 Å². The van der Waals surface area contributed by atoms with Gasteiger partial charge in [-0.05, 0) is 44.0 Å². The highest BCUT2D eigenvalue weighted by atomic mass is 35.5. The summed E-state index contributed by atoms with van der Waals surface area (Å²) in [5.74, 6) is 0.883. The van der Waals surface area contributed by atoms with Crippen molar-refractivity contribution >= 4 is 23.3 Å². The molecule has 102 valence electrons. The van der Waals surface area contributed by atoms with E-state index >= 15 is 0 Å². The Hall–Kier alpha value is -1.39. The van der Waals surface area contributed by atoms with Crippen LogP contribution in [0.3, 0.4) is 0 Å². The van der Waals surface area contributed by atoms with Crippen LogP contribution in [0.25, 0.3) is 0 Å². The maximum atomic E-state index is 8.26. The minimum absolute atomic E-state index is 0.0765. The van der Waals surface area contributed by atoms with Gasteiger partial charge in [0, 0.05) is 5.02 Å². The molecule has 1 aromatic rings. The second-order valence-electron chi connectivity index (χ2n) is 4.83. The molecule has 0 spiro atoms. The molecule has 1 aliphatic heterocycles. The predicted molar refractivity (Wildman–Crippen MR) is 79.1 cm³/mol. The van der Waals surface area contributed by atoms with Crippen LogP contribution in [0.15, 0.2) is 24.3 Å². The summed E-state index contributed by atoms with van der Waals surface area (Å²) in [4.78, 5) is 1.74. The highest BCUT2D eigenvalue weighted by Gasteiger charge is 2.24. The molecule has 0 aromatic heterocycles. The summed E-state index contributed by atoms with van der Waals surface area (Å²) >= 11 is 5.87. The zero-order chi connectivity index (χ0) is 13.8. The van der Waals surface area contributed by atoms with Crippen LogP contribution in [0.4, 0.5) is 0 Å². The lowest BCUT2D eigenvalue weighted by molar-refractivity contribution is 0.547. The van der Waals surface area contributed by atoms with Crippen molar-refractivity contribution in [3.63, 3.8) is 0 Å². The van der Waals surface area contributed by atoms with Gasteiger partial charge in [-0.1, -0.05) is 23.7 Å². The van der Waals surface area contributed by atoms with Crippen molar-refractivity contribution in [2.75, 3.05) is 6.54 Å². The smallest absolute Gasteiger partial charge is 0.119 e. The van der Waals surface area contributed by atoms with Crippen LogP contribution < -0.4 is 5.32 Å². The fourth-order valence-corrected chi connectivity index (χ4v) is 2.39. The number of nitrogens with zero attached hydrogens (tertiary/aromatic N) is 1. The molecule has 5 heteroatoms. The van der Waals surface area contributed by atoms with Crippen molar-refractivity contribution < 1.29 is 0 Å². The van der Waals surface area contributed by atoms with Gasteiger partial charge >= 0.3 is 0 Å². The Balaban J connectivity index is 2.09. The van der Waals surface area contributed by atoms with Crippen LogP contribution in [0, 0.1) is 10.8 Å². The van der Waals surface area contributed by atoms with E-state index in [-0.39, 0.29) is 6.04 Å². The van der Waals surface area contributed by atoms with Gasteiger partial charge in [0.05, 0.1) is 18.4 Å². The quantitative estimate of drug-likeness (QED) is 0.588. The second kappa shape index (κ2) is 6.17. The van der Waals surface area contributed by atoms with E-state index in [0.717, 1.165) is 24.9 Å². The number of amidine groups is 2. The van der Waals surface area contributed by atoms with Crippen molar-refractivity contribution in [1.82, 2.24) is 10.2 Å². The molecule has 1 heterocycles. The number of benzene rings is 1. The largest absolute Gasteiger partial charge is 0.313 e. The highest BCUT2D eigenvalue weighted by molar-refractivity contribution is 6.30. The minimum Gasteiger partial charge on any atom is -0.313 e. The van der Waals surface area contributed by atoms with Crippen molar-refractivity contribution in [3.8, 4) is 0 Å². The molecule has 19 heavy (non-hydrogen) atoms. The summed E-state index contributed by atoms with van der Waals surface area (Å²) in [6.45, 7) is 3.22. The van der Waals surface area contributed by atoms with Crippen LogP contribution >= 0.6 is 11.6 Å². The van der Waals surface area contributed by atoms with Crippen LogP contribution in [0.1, 0.15) is 25.3 Å². The van der Waals surface area contributed by atoms with Gasteiger partial charge in [-0.15, -0.1) is 0 Å². The highest BCUT2D eigenvalue weighted by Crippen LogP contribution is 2.15. The van der Waals surface area contributed by atoms with Crippen molar-refractivity contribution in [2.45, 2.75) is 32.4 Å². The predicted octanol–water partition coefficient (Wildman–Crippen LogP) is 2.87. The van der Waals surface area contributed by atoms with Gasteiger partial charge in [-0.25, -0.2) is 0 Å². The topological polar surface area (TPSA) is 63.0 Å². The first-order valence-corrected chi connectivity index (χ1v) is 6.84. The Morgan fingerprint density at radius 1 is 1.37 bits per heavy atom. The summed E-state index contributed by atoms with van der Waals surface area (Å²) in [7, 11) is 0. The first-order chi connectivity index (χ1) is 9.08. The molecule has 0 aliphatic carbocycles. The van der Waals surface area contributed by atoms with E-state index in [4.69, 9.17) is 22.4 Å². The molecule has 4 nitrogen and oxygen atoms in total. The Labute approximate surface area is 118 Å². The third-order valence-electron chi connectivity index (χ3n) is 3.34. The van der Waals surface area contributed by atoms with E-state index < -0.39 is 0 Å². The third kappa shape index (κ3) is 3.55. The van der Waals surface area contributed by atoms with Gasteiger partial charge < -0.3 is 10.2 Å². The van der Waals surface area contributed by atoms with Gasteiger partial charge in [0.2, 0.25) is 0 Å².